The molecule has 1 unspecified atom stereocenters. The summed E-state index contributed by atoms with van der Waals surface area (Å²) in [6.45, 7) is -0.00689. The summed E-state index contributed by atoms with van der Waals surface area (Å²) in [6.07, 6.45) is 5.99. The van der Waals surface area contributed by atoms with Gasteiger partial charge in [-0.25, -0.2) is 0 Å². The Hall–Kier alpha value is -2.15. The maximum atomic E-state index is 11.6. The van der Waals surface area contributed by atoms with Crippen LogP contribution in [0.1, 0.15) is 44.1 Å². The van der Waals surface area contributed by atoms with Gasteiger partial charge in [-0.15, -0.1) is 11.3 Å². The quantitative estimate of drug-likeness (QED) is 0.387. The molecule has 6 heteroatoms. The van der Waals surface area contributed by atoms with Crippen LogP contribution >= 0.6 is 11.3 Å². The first-order valence-corrected chi connectivity index (χ1v) is 11.0. The normalized spacial score (nSPS) is 18.1. The van der Waals surface area contributed by atoms with Crippen LogP contribution < -0.4 is 0 Å². The Morgan fingerprint density at radius 1 is 1.11 bits per heavy atom. The van der Waals surface area contributed by atoms with Crippen molar-refractivity contribution in [3.8, 4) is 11.4 Å². The van der Waals surface area contributed by atoms with Gasteiger partial charge in [0.05, 0.1) is 21.5 Å². The summed E-state index contributed by atoms with van der Waals surface area (Å²) in [7, 11) is 0. The van der Waals surface area contributed by atoms with Gasteiger partial charge >= 0.3 is 0 Å². The number of hydrogen-bond donors (Lipinski definition) is 4. The van der Waals surface area contributed by atoms with Crippen LogP contribution in [-0.2, 0) is 5.60 Å². The molecule has 0 amide bonds. The zero-order chi connectivity index (χ0) is 19.1. The Balaban J connectivity index is 1.56. The summed E-state index contributed by atoms with van der Waals surface area (Å²) in [5.41, 5.74) is 3.93. The Morgan fingerprint density at radius 3 is 2.79 bits per heavy atom. The highest BCUT2D eigenvalue weighted by Gasteiger charge is 2.38. The molecule has 1 saturated carbocycles. The van der Waals surface area contributed by atoms with Crippen molar-refractivity contribution in [2.24, 2.45) is 5.92 Å². The molecule has 1 aliphatic carbocycles. The lowest BCUT2D eigenvalue weighted by Gasteiger charge is -2.39. The summed E-state index contributed by atoms with van der Waals surface area (Å²) in [5.74, 6) is 0.210. The molecule has 4 N–H and O–H groups in total. The molecule has 1 aliphatic rings. The lowest BCUT2D eigenvalue weighted by atomic mass is 9.72. The number of benzene rings is 1. The third-order valence-electron chi connectivity index (χ3n) is 6.32. The summed E-state index contributed by atoms with van der Waals surface area (Å²) < 4.78 is 1.14. The highest BCUT2D eigenvalue weighted by Crippen LogP contribution is 2.42. The van der Waals surface area contributed by atoms with Gasteiger partial charge < -0.3 is 15.2 Å². The molecule has 0 saturated heterocycles. The number of aromatic amines is 2. The van der Waals surface area contributed by atoms with Crippen LogP contribution in [-0.4, -0.2) is 32.0 Å². The number of thiophene rings is 1. The molecule has 3 heterocycles. The molecule has 28 heavy (non-hydrogen) atoms. The lowest BCUT2D eigenvalue weighted by Crippen LogP contribution is -2.37. The maximum absolute atomic E-state index is 11.6. The van der Waals surface area contributed by atoms with E-state index in [0.717, 1.165) is 63.8 Å². The van der Waals surface area contributed by atoms with Crippen LogP contribution in [0.4, 0.5) is 0 Å². The number of hydrogen-bond acceptors (Lipinski definition) is 4. The fraction of sp³-hybridized carbons (Fsp3) is 0.409. The first-order valence-electron chi connectivity index (χ1n) is 10.1. The van der Waals surface area contributed by atoms with Gasteiger partial charge in [0.15, 0.2) is 0 Å². The monoisotopic (exact) mass is 395 g/mol. The van der Waals surface area contributed by atoms with Crippen molar-refractivity contribution in [3.63, 3.8) is 0 Å². The third kappa shape index (κ3) is 2.87. The van der Waals surface area contributed by atoms with Crippen LogP contribution in [0, 0.1) is 5.92 Å². The number of rotatable bonds is 5. The van der Waals surface area contributed by atoms with Gasteiger partial charge in [-0.1, -0.05) is 25.3 Å². The first-order chi connectivity index (χ1) is 13.7. The van der Waals surface area contributed by atoms with Gasteiger partial charge in [0.2, 0.25) is 0 Å². The van der Waals surface area contributed by atoms with E-state index in [9.17, 15) is 10.2 Å². The molecule has 5 nitrogen and oxygen atoms in total. The van der Waals surface area contributed by atoms with Gasteiger partial charge in [0, 0.05) is 23.9 Å². The molecular formula is C22H25N3O2S. The smallest absolute Gasteiger partial charge is 0.126 e. The second kappa shape index (κ2) is 7.03. The van der Waals surface area contributed by atoms with Crippen molar-refractivity contribution in [1.82, 2.24) is 15.2 Å². The van der Waals surface area contributed by atoms with Crippen LogP contribution in [0.2, 0.25) is 0 Å². The van der Waals surface area contributed by atoms with Crippen molar-refractivity contribution in [1.29, 1.82) is 0 Å². The van der Waals surface area contributed by atoms with Crippen molar-refractivity contribution in [2.75, 3.05) is 6.61 Å². The van der Waals surface area contributed by atoms with Crippen LogP contribution in [0.25, 0.3) is 32.5 Å². The van der Waals surface area contributed by atoms with Crippen LogP contribution in [0.5, 0.6) is 0 Å². The van der Waals surface area contributed by atoms with E-state index >= 15 is 0 Å². The van der Waals surface area contributed by atoms with E-state index in [1.165, 1.54) is 6.42 Å². The number of fused-ring (bicyclic) bond motifs is 2. The predicted molar refractivity (Wildman–Crippen MR) is 113 cm³/mol. The van der Waals surface area contributed by atoms with Gasteiger partial charge in [-0.3, -0.25) is 5.10 Å². The number of aromatic nitrogens is 3. The number of aliphatic hydroxyl groups excluding tert-OH is 1. The second-order valence-corrected chi connectivity index (χ2v) is 8.87. The standard InChI is InChI=1S/C22H25N3O2S/c26-10-9-22(27,15-4-2-1-3-5-15)16-6-7-17-14(12-16)13-19(23-17)20-21-18(24-25-20)8-11-28-21/h6-8,11-13,15,23,26-27H,1-5,9-10H2,(H,24,25). The fourth-order valence-electron chi connectivity index (χ4n) is 4.79. The van der Waals surface area contributed by atoms with Crippen LogP contribution in [0.3, 0.4) is 0 Å². The van der Waals surface area contributed by atoms with Gasteiger partial charge in [-0.2, -0.15) is 5.10 Å². The van der Waals surface area contributed by atoms with E-state index in [2.05, 4.69) is 32.7 Å². The molecule has 4 aromatic rings. The molecule has 3 aromatic heterocycles. The third-order valence-corrected chi connectivity index (χ3v) is 7.24. The molecule has 1 aromatic carbocycles. The summed E-state index contributed by atoms with van der Waals surface area (Å²) in [4.78, 5) is 3.46. The molecule has 5 rings (SSSR count). The zero-order valence-electron chi connectivity index (χ0n) is 15.7. The number of nitrogens with one attached hydrogen (secondary N) is 2. The van der Waals surface area contributed by atoms with E-state index in [0.29, 0.717) is 6.42 Å². The van der Waals surface area contributed by atoms with Crippen molar-refractivity contribution in [3.05, 3.63) is 41.3 Å². The molecular weight excluding hydrogens is 370 g/mol. The average molecular weight is 396 g/mol. The minimum absolute atomic E-state index is 0.00689. The highest BCUT2D eigenvalue weighted by molar-refractivity contribution is 7.17. The van der Waals surface area contributed by atoms with E-state index < -0.39 is 5.60 Å². The van der Waals surface area contributed by atoms with E-state index in [-0.39, 0.29) is 12.5 Å². The Morgan fingerprint density at radius 2 is 1.96 bits per heavy atom. The molecule has 0 aliphatic heterocycles. The predicted octanol–water partition coefficient (Wildman–Crippen LogP) is 4.92. The van der Waals surface area contributed by atoms with Crippen LogP contribution in [0.15, 0.2) is 35.7 Å². The van der Waals surface area contributed by atoms with Crippen molar-refractivity contribution < 1.29 is 10.2 Å². The molecule has 1 fully saturated rings. The average Bonchev–Trinajstić information content (AvgIpc) is 3.43. The second-order valence-electron chi connectivity index (χ2n) is 7.95. The number of aliphatic hydroxyl groups is 2. The number of nitrogens with zero attached hydrogens (tertiary/aromatic N) is 1. The fourth-order valence-corrected chi connectivity index (χ4v) is 5.64. The summed E-state index contributed by atoms with van der Waals surface area (Å²) in [6, 6.07) is 10.3. The maximum Gasteiger partial charge on any atom is 0.126 e. The van der Waals surface area contributed by atoms with Gasteiger partial charge in [0.1, 0.15) is 5.69 Å². The zero-order valence-corrected chi connectivity index (χ0v) is 16.6. The molecule has 0 radical (unpaired) electrons. The van der Waals surface area contributed by atoms with Crippen molar-refractivity contribution >= 4 is 32.5 Å². The minimum Gasteiger partial charge on any atom is -0.396 e. The molecule has 146 valence electrons. The number of H-pyrrole nitrogens is 2. The van der Waals surface area contributed by atoms with E-state index in [1.807, 2.05) is 18.2 Å². The summed E-state index contributed by atoms with van der Waals surface area (Å²) in [5, 5.41) is 31.9. The van der Waals surface area contributed by atoms with E-state index in [4.69, 9.17) is 0 Å². The Kier molecular flexibility index (Phi) is 4.50. The molecule has 0 bridgehead atoms. The van der Waals surface area contributed by atoms with Crippen molar-refractivity contribution in [2.45, 2.75) is 44.1 Å². The highest BCUT2D eigenvalue weighted by atomic mass is 32.1. The van der Waals surface area contributed by atoms with Gasteiger partial charge in [0.25, 0.3) is 0 Å². The Bertz CT molecular complexity index is 1110. The van der Waals surface area contributed by atoms with Gasteiger partial charge in [-0.05, 0) is 54.0 Å². The first kappa shape index (κ1) is 17.9. The SMILES string of the molecule is OCCC(O)(c1ccc2[nH]c(-c3n[nH]c4ccsc34)cc2c1)C1CCCCC1. The Labute approximate surface area is 167 Å². The minimum atomic E-state index is -0.964. The topological polar surface area (TPSA) is 84.9 Å². The lowest BCUT2D eigenvalue weighted by molar-refractivity contribution is -0.0559. The largest absolute Gasteiger partial charge is 0.396 e. The molecule has 1 atom stereocenters. The van der Waals surface area contributed by atoms with E-state index in [1.54, 1.807) is 11.3 Å². The molecule has 0 spiro atoms. The summed E-state index contributed by atoms with van der Waals surface area (Å²) >= 11 is 1.68.